The zero-order chi connectivity index (χ0) is 76.0. The van der Waals surface area contributed by atoms with E-state index in [1.54, 1.807) is 83.1 Å². The van der Waals surface area contributed by atoms with E-state index in [2.05, 4.69) is 69.1 Å². The van der Waals surface area contributed by atoms with Crippen LogP contribution in [0.15, 0.2) is 24.3 Å². The van der Waals surface area contributed by atoms with Crippen molar-refractivity contribution in [1.29, 1.82) is 0 Å². The van der Waals surface area contributed by atoms with Gasteiger partial charge in [0.15, 0.2) is 0 Å². The number of hydrogen-bond donors (Lipinski definition) is 17. The summed E-state index contributed by atoms with van der Waals surface area (Å²) in [5.41, 5.74) is 12.2. The number of nitrogens with one attached hydrogen (secondary N) is 13. The molecule has 0 aromatic heterocycles. The number of carbonyl (C=O) groups excluding carboxylic acids is 14. The van der Waals surface area contributed by atoms with Gasteiger partial charge in [-0.2, -0.15) is 0 Å². The Morgan fingerprint density at radius 3 is 1.41 bits per heavy atom. The lowest BCUT2D eigenvalue weighted by molar-refractivity contribution is -0.143. The van der Waals surface area contributed by atoms with Gasteiger partial charge < -0.3 is 95.7 Å². The minimum absolute atomic E-state index is 0.0879. The second-order valence-electron chi connectivity index (χ2n) is 27.0. The molecule has 0 saturated carbocycles. The van der Waals surface area contributed by atoms with E-state index in [9.17, 15) is 82.1 Å². The predicted molar refractivity (Wildman–Crippen MR) is 369 cm³/mol. The largest absolute Gasteiger partial charge is 0.508 e. The number of phenolic OH excluding ortho intramolecular Hbond substituents is 1. The Morgan fingerprint density at radius 1 is 0.470 bits per heavy atom. The molecule has 33 nitrogen and oxygen atoms in total. The Kier molecular flexibility index (Phi) is 37.3. The van der Waals surface area contributed by atoms with Crippen molar-refractivity contribution >= 4 is 88.7 Å². The van der Waals surface area contributed by atoms with Crippen LogP contribution in [0.2, 0.25) is 0 Å². The third kappa shape index (κ3) is 28.7. The molecule has 2 rings (SSSR count). The van der Waals surface area contributed by atoms with Gasteiger partial charge >= 0.3 is 5.97 Å². The molecule has 14 amide bonds. The molecule has 100 heavy (non-hydrogen) atoms. The maximum atomic E-state index is 14.4. The Balaban J connectivity index is 2.17. The molecule has 1 aromatic rings. The number of nitrogens with two attached hydrogens (primary N) is 2. The molecule has 1 saturated heterocycles. The number of amides is 14. The summed E-state index contributed by atoms with van der Waals surface area (Å²) in [5.74, 6) is -14.5. The molecule has 0 spiro atoms. The average Bonchev–Trinajstić information content (AvgIpc) is 1.57. The molecule has 0 unspecified atom stereocenters. The number of unbranched alkanes of at least 4 members (excludes halogenated alkanes) is 1. The van der Waals surface area contributed by atoms with Crippen LogP contribution in [-0.2, 0) is 78.3 Å². The molecule has 562 valence electrons. The van der Waals surface area contributed by atoms with Gasteiger partial charge in [-0.05, 0) is 113 Å². The Labute approximate surface area is 585 Å². The molecular formula is C67H112N16O17. The van der Waals surface area contributed by atoms with Gasteiger partial charge in [-0.3, -0.25) is 67.1 Å². The Morgan fingerprint density at radius 2 is 0.910 bits per heavy atom. The summed E-state index contributed by atoms with van der Waals surface area (Å²) < 4.78 is 0. The summed E-state index contributed by atoms with van der Waals surface area (Å²) in [6, 6.07) is -8.45. The van der Waals surface area contributed by atoms with Crippen LogP contribution in [0.5, 0.6) is 5.75 Å². The van der Waals surface area contributed by atoms with Gasteiger partial charge in [-0.1, -0.05) is 108 Å². The van der Waals surface area contributed by atoms with Crippen molar-refractivity contribution in [1.82, 2.24) is 74.0 Å². The molecule has 1 aliphatic rings. The van der Waals surface area contributed by atoms with Crippen LogP contribution in [0.4, 0.5) is 0 Å². The lowest BCUT2D eigenvalue weighted by atomic mass is 9.96. The van der Waals surface area contributed by atoms with E-state index in [0.717, 1.165) is 0 Å². The van der Waals surface area contributed by atoms with Crippen molar-refractivity contribution in [3.8, 4) is 5.75 Å². The van der Waals surface area contributed by atoms with Crippen molar-refractivity contribution in [3.63, 3.8) is 0 Å². The number of nitrogens with zero attached hydrogens (tertiary/aromatic N) is 1. The number of hydrogen-bond acceptors (Lipinski definition) is 18. The monoisotopic (exact) mass is 1410 g/mol. The minimum Gasteiger partial charge on any atom is -0.508 e. The predicted octanol–water partition coefficient (Wildman–Crippen LogP) is -2.56. The SMILES string of the molecule is CC[C@H](C)[C@H](NC(=O)[C@H](C)NC(=O)[C@H](C)NC(=O)[C@H](C)NC(=O)[C@@H](NC(=O)[C@@H](N)C(C)C)C(C)C)C(=O)N[C@H](C(=O)NCC(=O)NCC(=O)N[C@@H](Cc1ccc(O)cc1)C(=O)N[C@H](C(=O)N[C@@H](CCCCN)C(=O)N1CCC[C@H]1C(=O)NCC(=O)N[C@H](C(=O)O)C(C)C)[C@@H](C)CC)C(C)C. The molecule has 1 fully saturated rings. The summed E-state index contributed by atoms with van der Waals surface area (Å²) in [7, 11) is 0. The van der Waals surface area contributed by atoms with E-state index in [4.69, 9.17) is 11.5 Å². The van der Waals surface area contributed by atoms with E-state index < -0.39 is 204 Å². The zero-order valence-corrected chi connectivity index (χ0v) is 60.5. The van der Waals surface area contributed by atoms with Crippen LogP contribution in [0.1, 0.15) is 154 Å². The molecule has 0 radical (unpaired) electrons. The van der Waals surface area contributed by atoms with Gasteiger partial charge in [0.1, 0.15) is 72.2 Å². The van der Waals surface area contributed by atoms with Crippen LogP contribution < -0.4 is 80.6 Å². The van der Waals surface area contributed by atoms with Crippen LogP contribution >= 0.6 is 0 Å². The first-order chi connectivity index (χ1) is 46.8. The second kappa shape index (κ2) is 42.8. The highest BCUT2D eigenvalue weighted by Gasteiger charge is 2.41. The average molecular weight is 1410 g/mol. The van der Waals surface area contributed by atoms with E-state index >= 15 is 0 Å². The van der Waals surface area contributed by atoms with Crippen LogP contribution in [0.3, 0.4) is 0 Å². The maximum Gasteiger partial charge on any atom is 0.326 e. The third-order valence-electron chi connectivity index (χ3n) is 17.3. The quantitative estimate of drug-likeness (QED) is 0.0299. The van der Waals surface area contributed by atoms with Gasteiger partial charge in [0, 0.05) is 13.0 Å². The maximum absolute atomic E-state index is 14.4. The normalized spacial score (nSPS) is 16.7. The molecule has 0 aliphatic carbocycles. The van der Waals surface area contributed by atoms with Gasteiger partial charge in [0.05, 0.1) is 25.7 Å². The number of benzene rings is 1. The molecule has 14 atom stereocenters. The number of carboxylic acid groups (broad SMARTS) is 1. The third-order valence-corrected chi connectivity index (χ3v) is 17.3. The highest BCUT2D eigenvalue weighted by atomic mass is 16.4. The number of aromatic hydroxyl groups is 1. The van der Waals surface area contributed by atoms with Gasteiger partial charge in [0.25, 0.3) is 0 Å². The summed E-state index contributed by atoms with van der Waals surface area (Å²) in [6.07, 6.45) is 2.13. The highest BCUT2D eigenvalue weighted by Crippen LogP contribution is 2.22. The number of carboxylic acids is 1. The molecule has 1 heterocycles. The van der Waals surface area contributed by atoms with E-state index in [1.165, 1.54) is 49.9 Å². The van der Waals surface area contributed by atoms with Crippen molar-refractivity contribution in [2.24, 2.45) is 47.0 Å². The first kappa shape index (κ1) is 87.1. The van der Waals surface area contributed by atoms with E-state index in [-0.39, 0.29) is 49.9 Å². The van der Waals surface area contributed by atoms with Crippen molar-refractivity contribution < 1.29 is 82.1 Å². The number of aliphatic carboxylic acids is 1. The van der Waals surface area contributed by atoms with Crippen LogP contribution in [0, 0.1) is 35.5 Å². The van der Waals surface area contributed by atoms with Crippen molar-refractivity contribution in [2.45, 2.75) is 228 Å². The topological polar surface area (TPSA) is 508 Å². The van der Waals surface area contributed by atoms with Crippen molar-refractivity contribution in [3.05, 3.63) is 29.8 Å². The fourth-order valence-corrected chi connectivity index (χ4v) is 10.4. The van der Waals surface area contributed by atoms with E-state index in [0.29, 0.717) is 37.7 Å². The zero-order valence-electron chi connectivity index (χ0n) is 60.5. The first-order valence-electron chi connectivity index (χ1n) is 34.4. The number of rotatable bonds is 42. The molecular weight excluding hydrogens is 1300 g/mol. The van der Waals surface area contributed by atoms with Gasteiger partial charge in [-0.15, -0.1) is 0 Å². The molecule has 19 N–H and O–H groups in total. The molecule has 0 bridgehead atoms. The minimum atomic E-state index is -1.41. The lowest BCUT2D eigenvalue weighted by Crippen LogP contribution is -2.60. The van der Waals surface area contributed by atoms with Crippen molar-refractivity contribution in [2.75, 3.05) is 32.7 Å². The van der Waals surface area contributed by atoms with E-state index in [1.807, 2.05) is 0 Å². The fraction of sp³-hybridized carbons (Fsp3) is 0.687. The van der Waals surface area contributed by atoms with Gasteiger partial charge in [-0.25, -0.2) is 4.79 Å². The van der Waals surface area contributed by atoms with Crippen LogP contribution in [-0.4, -0.2) is 209 Å². The number of carbonyl (C=O) groups is 15. The first-order valence-corrected chi connectivity index (χ1v) is 34.4. The Bertz CT molecular complexity index is 2990. The second-order valence-corrected chi connectivity index (χ2v) is 27.0. The standard InChI is InChI=1S/C67H112N16O17/c1-16-37(11)54(64(96)77-44(21-18-19-27-68)66(98)83-28-20-22-46(83)60(92)71-32-49(87)78-53(36(9)10)67(99)100)82-59(91)45(29-42-23-25-43(84)26-24-42)76-48(86)31-70-47(85)30-72-62(94)51(34(5)6)80-65(97)55(38(12)17-2)81-58(90)41(15)74-56(88)39(13)73-57(89)40(14)75-63(95)52(35(7)8)79-61(93)50(69)33(3)4/h23-26,33-41,44-46,50-55,84H,16-22,27-32,68-69H2,1-15H3,(H,70,85)(H,71,92)(H,72,94)(H,73,89)(H,74,88)(H,75,95)(H,76,86)(H,77,96)(H,78,87)(H,79,93)(H,80,97)(H,81,90)(H,82,91)(H,99,100)/t37-,38-,39-,40-,41-,44-,45-,46-,50-,51-,52-,53-,54-,55-/m0/s1. The Hall–Kier alpha value is -9.01. The summed E-state index contributed by atoms with van der Waals surface area (Å²) in [5, 5.41) is 52.7. The number of likely N-dealkylation sites (tertiary alicyclic amines) is 1. The van der Waals surface area contributed by atoms with Gasteiger partial charge in [0.2, 0.25) is 82.7 Å². The molecule has 33 heteroatoms. The smallest absolute Gasteiger partial charge is 0.326 e. The number of phenols is 1. The van der Waals surface area contributed by atoms with Crippen LogP contribution in [0.25, 0.3) is 0 Å². The fourth-order valence-electron chi connectivity index (χ4n) is 10.4. The molecule has 1 aromatic carbocycles. The highest BCUT2D eigenvalue weighted by molar-refractivity contribution is 6.00. The summed E-state index contributed by atoms with van der Waals surface area (Å²) in [6.45, 7) is 22.8. The summed E-state index contributed by atoms with van der Waals surface area (Å²) in [4.78, 5) is 202. The lowest BCUT2D eigenvalue weighted by Gasteiger charge is -2.31. The molecule has 1 aliphatic heterocycles. The summed E-state index contributed by atoms with van der Waals surface area (Å²) >= 11 is 0.